The highest BCUT2D eigenvalue weighted by molar-refractivity contribution is 7.87. The van der Waals surface area contributed by atoms with Crippen LogP contribution in [0, 0.1) is 22.9 Å². The van der Waals surface area contributed by atoms with E-state index in [9.17, 15) is 27.7 Å². The van der Waals surface area contributed by atoms with Crippen LogP contribution in [0.4, 0.5) is 10.1 Å². The third-order valence-corrected chi connectivity index (χ3v) is 5.56. The predicted molar refractivity (Wildman–Crippen MR) is 110 cm³/mol. The van der Waals surface area contributed by atoms with E-state index < -0.39 is 20.9 Å². The molecule has 3 aromatic rings. The Morgan fingerprint density at radius 2 is 1.81 bits per heavy atom. The first-order chi connectivity index (χ1) is 14.7. The number of nitro groups is 1. The summed E-state index contributed by atoms with van der Waals surface area (Å²) in [5, 5.41) is 13.5. The van der Waals surface area contributed by atoms with Crippen LogP contribution in [0.15, 0.2) is 71.6 Å². The van der Waals surface area contributed by atoms with E-state index in [0.29, 0.717) is 5.56 Å². The number of non-ortho nitro benzene ring substituents is 1. The number of halogens is 1. The van der Waals surface area contributed by atoms with Crippen molar-refractivity contribution in [2.24, 2.45) is 0 Å². The zero-order valence-electron chi connectivity index (χ0n) is 16.2. The Balaban J connectivity index is 1.66. The van der Waals surface area contributed by atoms with Crippen LogP contribution in [0.5, 0.6) is 5.75 Å². The zero-order valence-corrected chi connectivity index (χ0v) is 17.1. The molecule has 0 saturated carbocycles. The van der Waals surface area contributed by atoms with Crippen molar-refractivity contribution < 1.29 is 26.7 Å². The largest absolute Gasteiger partial charge is 0.379 e. The second-order valence-electron chi connectivity index (χ2n) is 6.58. The molecule has 0 aliphatic rings. The van der Waals surface area contributed by atoms with E-state index in [4.69, 9.17) is 4.18 Å². The summed E-state index contributed by atoms with van der Waals surface area (Å²) in [5.41, 5.74) is 1.08. The van der Waals surface area contributed by atoms with Gasteiger partial charge in [0.05, 0.1) is 4.92 Å². The van der Waals surface area contributed by atoms with Crippen molar-refractivity contribution in [3.05, 3.63) is 99.4 Å². The lowest BCUT2D eigenvalue weighted by Gasteiger charge is -2.09. The molecule has 0 fully saturated rings. The molecule has 1 amide bonds. The minimum atomic E-state index is -4.29. The maximum absolute atomic E-state index is 13.3. The molecule has 0 radical (unpaired) electrons. The van der Waals surface area contributed by atoms with E-state index >= 15 is 0 Å². The van der Waals surface area contributed by atoms with Gasteiger partial charge in [0, 0.05) is 24.2 Å². The van der Waals surface area contributed by atoms with Gasteiger partial charge in [-0.15, -0.1) is 0 Å². The molecule has 10 heteroatoms. The van der Waals surface area contributed by atoms with Gasteiger partial charge < -0.3 is 9.50 Å². The van der Waals surface area contributed by atoms with Gasteiger partial charge in [0.2, 0.25) is 0 Å². The first-order valence-electron chi connectivity index (χ1n) is 8.98. The van der Waals surface area contributed by atoms with Crippen molar-refractivity contribution in [1.82, 2.24) is 5.32 Å². The SMILES string of the molecule is Cc1cc(CNC(=O)c2ccc(OS(=O)(=O)c3cccc([N+](=O)[O-])c3)cc2)ccc1F. The smallest absolute Gasteiger partial charge is 0.339 e. The van der Waals surface area contributed by atoms with Crippen molar-refractivity contribution in [1.29, 1.82) is 0 Å². The molecule has 31 heavy (non-hydrogen) atoms. The van der Waals surface area contributed by atoms with Gasteiger partial charge in [-0.05, 0) is 54.4 Å². The summed E-state index contributed by atoms with van der Waals surface area (Å²) >= 11 is 0. The number of rotatable bonds is 7. The second kappa shape index (κ2) is 8.92. The summed E-state index contributed by atoms with van der Waals surface area (Å²) in [6, 6.07) is 14.4. The predicted octanol–water partition coefficient (Wildman–Crippen LogP) is 3.74. The molecule has 0 bridgehead atoms. The fourth-order valence-corrected chi connectivity index (χ4v) is 3.66. The standard InChI is InChI=1S/C21H17FN2O6S/c1-14-11-15(5-10-20(14)22)13-23-21(25)16-6-8-18(9-7-16)30-31(28,29)19-4-2-3-17(12-19)24(26)27/h2-12H,13H2,1H3,(H,23,25). The molecular weight excluding hydrogens is 427 g/mol. The summed E-state index contributed by atoms with van der Waals surface area (Å²) in [7, 11) is -4.29. The molecule has 1 N–H and O–H groups in total. The molecule has 0 aliphatic heterocycles. The number of carbonyl (C=O) groups excluding carboxylic acids is 1. The van der Waals surface area contributed by atoms with Crippen LogP contribution in [0.1, 0.15) is 21.5 Å². The van der Waals surface area contributed by atoms with Crippen molar-refractivity contribution in [2.75, 3.05) is 0 Å². The van der Waals surface area contributed by atoms with E-state index in [1.54, 1.807) is 19.1 Å². The maximum Gasteiger partial charge on any atom is 0.339 e. The van der Waals surface area contributed by atoms with Crippen LogP contribution in [-0.4, -0.2) is 19.2 Å². The Morgan fingerprint density at radius 3 is 2.45 bits per heavy atom. The van der Waals surface area contributed by atoms with Gasteiger partial charge in [-0.1, -0.05) is 18.2 Å². The monoisotopic (exact) mass is 444 g/mol. The van der Waals surface area contributed by atoms with Crippen LogP contribution in [0.25, 0.3) is 0 Å². The Bertz CT molecular complexity index is 1240. The molecule has 160 valence electrons. The quantitative estimate of drug-likeness (QED) is 0.337. The topological polar surface area (TPSA) is 116 Å². The van der Waals surface area contributed by atoms with Gasteiger partial charge in [-0.2, -0.15) is 8.42 Å². The number of amides is 1. The molecule has 0 saturated heterocycles. The molecular formula is C21H17FN2O6S. The van der Waals surface area contributed by atoms with Gasteiger partial charge >= 0.3 is 10.1 Å². The fraction of sp³-hybridized carbons (Fsp3) is 0.0952. The number of aryl methyl sites for hydroxylation is 1. The Labute approximate surface area is 177 Å². The van der Waals surface area contributed by atoms with E-state index in [2.05, 4.69) is 5.32 Å². The summed E-state index contributed by atoms with van der Waals surface area (Å²) < 4.78 is 43.0. The van der Waals surface area contributed by atoms with Crippen LogP contribution in [0.2, 0.25) is 0 Å². The third kappa shape index (κ3) is 5.43. The minimum Gasteiger partial charge on any atom is -0.379 e. The summed E-state index contributed by atoms with van der Waals surface area (Å²) in [6.45, 7) is 1.82. The number of hydrogen-bond donors (Lipinski definition) is 1. The van der Waals surface area contributed by atoms with Crippen molar-refractivity contribution in [2.45, 2.75) is 18.4 Å². The summed E-state index contributed by atoms with van der Waals surface area (Å²) in [5.74, 6) is -0.794. The second-order valence-corrected chi connectivity index (χ2v) is 8.13. The van der Waals surface area contributed by atoms with Crippen molar-refractivity contribution in [3.8, 4) is 5.75 Å². The van der Waals surface area contributed by atoms with Gasteiger partial charge in [0.15, 0.2) is 0 Å². The number of carbonyl (C=O) groups is 1. The molecule has 0 aromatic heterocycles. The summed E-state index contributed by atoms with van der Waals surface area (Å²) in [4.78, 5) is 22.0. The molecule has 3 rings (SSSR count). The van der Waals surface area contributed by atoms with Gasteiger partial charge in [0.25, 0.3) is 11.6 Å². The lowest BCUT2D eigenvalue weighted by molar-refractivity contribution is -0.385. The van der Waals surface area contributed by atoms with Gasteiger partial charge in [0.1, 0.15) is 16.5 Å². The minimum absolute atomic E-state index is 0.0581. The number of nitrogens with zero attached hydrogens (tertiary/aromatic N) is 1. The molecule has 0 unspecified atom stereocenters. The van der Waals surface area contributed by atoms with Gasteiger partial charge in [-0.3, -0.25) is 14.9 Å². The first kappa shape index (κ1) is 21.9. The number of nitrogens with one attached hydrogen (secondary N) is 1. The van der Waals surface area contributed by atoms with E-state index in [0.717, 1.165) is 11.6 Å². The van der Waals surface area contributed by atoms with E-state index in [-0.39, 0.29) is 34.3 Å². The molecule has 0 aliphatic carbocycles. The van der Waals surface area contributed by atoms with Crippen molar-refractivity contribution in [3.63, 3.8) is 0 Å². The number of hydrogen-bond acceptors (Lipinski definition) is 6. The summed E-state index contributed by atoms with van der Waals surface area (Å²) in [6.07, 6.45) is 0. The highest BCUT2D eigenvalue weighted by Crippen LogP contribution is 2.22. The molecule has 0 heterocycles. The van der Waals surface area contributed by atoms with Crippen LogP contribution >= 0.6 is 0 Å². The highest BCUT2D eigenvalue weighted by atomic mass is 32.2. The average Bonchev–Trinajstić information content (AvgIpc) is 2.74. The number of nitro benzene ring substituents is 1. The molecule has 0 atom stereocenters. The van der Waals surface area contributed by atoms with Crippen LogP contribution in [0.3, 0.4) is 0 Å². The fourth-order valence-electron chi connectivity index (χ4n) is 2.69. The molecule has 8 nitrogen and oxygen atoms in total. The van der Waals surface area contributed by atoms with Crippen LogP contribution < -0.4 is 9.50 Å². The molecule has 0 spiro atoms. The number of benzene rings is 3. The van der Waals surface area contributed by atoms with Crippen molar-refractivity contribution >= 4 is 21.7 Å². The normalized spacial score (nSPS) is 11.0. The lowest BCUT2D eigenvalue weighted by atomic mass is 10.1. The zero-order chi connectivity index (χ0) is 22.6. The van der Waals surface area contributed by atoms with E-state index in [1.165, 1.54) is 48.5 Å². The van der Waals surface area contributed by atoms with Gasteiger partial charge in [-0.25, -0.2) is 4.39 Å². The third-order valence-electron chi connectivity index (χ3n) is 4.31. The lowest BCUT2D eigenvalue weighted by Crippen LogP contribution is -2.22. The Hall–Kier alpha value is -3.79. The maximum atomic E-state index is 13.3. The van der Waals surface area contributed by atoms with Crippen LogP contribution in [-0.2, 0) is 16.7 Å². The van der Waals surface area contributed by atoms with E-state index in [1.807, 2.05) is 0 Å². The average molecular weight is 444 g/mol. The Kier molecular flexibility index (Phi) is 6.30. The first-order valence-corrected chi connectivity index (χ1v) is 10.4. The molecule has 3 aromatic carbocycles. The Morgan fingerprint density at radius 1 is 1.10 bits per heavy atom. The highest BCUT2D eigenvalue weighted by Gasteiger charge is 2.20.